The molecule has 27 heavy (non-hydrogen) atoms. The van der Waals surface area contributed by atoms with Gasteiger partial charge < -0.3 is 9.80 Å². The standard InChI is InChI=1S/C22H22ClN3O/c1-16(27)17-6-8-20(9-7-17)26-12-10-25(11-13-26)15-19-14-18-4-2-3-5-21(18)24-22(19)23/h2-9,14H,10-13,15H2,1H3/p+1. The number of piperazine rings is 1. The zero-order valence-electron chi connectivity index (χ0n) is 15.4. The van der Waals surface area contributed by atoms with E-state index in [0.717, 1.165) is 54.8 Å². The monoisotopic (exact) mass is 380 g/mol. The van der Waals surface area contributed by atoms with Crippen molar-refractivity contribution in [3.8, 4) is 0 Å². The summed E-state index contributed by atoms with van der Waals surface area (Å²) in [5, 5.41) is 1.75. The van der Waals surface area contributed by atoms with Crippen LogP contribution in [0.25, 0.3) is 10.9 Å². The highest BCUT2D eigenvalue weighted by Crippen LogP contribution is 2.20. The molecule has 0 aliphatic carbocycles. The van der Waals surface area contributed by atoms with Crippen molar-refractivity contribution in [1.29, 1.82) is 0 Å². The van der Waals surface area contributed by atoms with Crippen molar-refractivity contribution in [1.82, 2.24) is 4.98 Å². The summed E-state index contributed by atoms with van der Waals surface area (Å²) in [4.78, 5) is 19.9. The van der Waals surface area contributed by atoms with Crippen LogP contribution in [0.5, 0.6) is 0 Å². The first-order chi connectivity index (χ1) is 13.1. The van der Waals surface area contributed by atoms with Crippen LogP contribution in [-0.2, 0) is 6.54 Å². The van der Waals surface area contributed by atoms with E-state index < -0.39 is 0 Å². The number of anilines is 1. The number of pyridine rings is 1. The van der Waals surface area contributed by atoms with Crippen LogP contribution in [0.3, 0.4) is 0 Å². The Bertz CT molecular complexity index is 963. The number of nitrogens with zero attached hydrogens (tertiary/aromatic N) is 2. The minimum absolute atomic E-state index is 0.108. The number of carbonyl (C=O) groups excluding carboxylic acids is 1. The largest absolute Gasteiger partial charge is 0.360 e. The number of carbonyl (C=O) groups is 1. The van der Waals surface area contributed by atoms with Crippen LogP contribution < -0.4 is 9.80 Å². The molecule has 0 bridgehead atoms. The number of hydrogen-bond acceptors (Lipinski definition) is 3. The highest BCUT2D eigenvalue weighted by molar-refractivity contribution is 6.30. The lowest BCUT2D eigenvalue weighted by Crippen LogP contribution is -3.13. The quantitative estimate of drug-likeness (QED) is 0.558. The lowest BCUT2D eigenvalue weighted by atomic mass is 10.1. The Hall–Kier alpha value is -2.43. The maximum atomic E-state index is 11.4. The molecule has 0 atom stereocenters. The van der Waals surface area contributed by atoms with E-state index in [1.54, 1.807) is 6.92 Å². The van der Waals surface area contributed by atoms with E-state index in [-0.39, 0.29) is 5.78 Å². The predicted octanol–water partition coefficient (Wildman–Crippen LogP) is 3.00. The molecule has 2 aromatic carbocycles. The Balaban J connectivity index is 1.41. The highest BCUT2D eigenvalue weighted by atomic mass is 35.5. The van der Waals surface area contributed by atoms with Crippen LogP contribution in [0.2, 0.25) is 5.15 Å². The minimum atomic E-state index is 0.108. The fraction of sp³-hybridized carbons (Fsp3) is 0.273. The average molecular weight is 381 g/mol. The van der Waals surface area contributed by atoms with Gasteiger partial charge in [-0.2, -0.15) is 0 Å². The molecule has 0 saturated carbocycles. The Labute approximate surface area is 164 Å². The molecule has 0 spiro atoms. The maximum absolute atomic E-state index is 11.4. The van der Waals surface area contributed by atoms with Crippen molar-refractivity contribution in [2.24, 2.45) is 0 Å². The van der Waals surface area contributed by atoms with Crippen molar-refractivity contribution in [3.63, 3.8) is 0 Å². The van der Waals surface area contributed by atoms with Gasteiger partial charge in [-0.1, -0.05) is 29.8 Å². The number of ketones is 1. The number of rotatable bonds is 4. The van der Waals surface area contributed by atoms with Crippen LogP contribution >= 0.6 is 11.6 Å². The summed E-state index contributed by atoms with van der Waals surface area (Å²) in [5.74, 6) is 0.108. The summed E-state index contributed by atoms with van der Waals surface area (Å²) in [5.41, 5.74) is 4.01. The number of Topliss-reactive ketones (excluding diaryl/α,β-unsaturated/α-hetero) is 1. The molecule has 3 aromatic rings. The highest BCUT2D eigenvalue weighted by Gasteiger charge is 2.21. The van der Waals surface area contributed by atoms with Gasteiger partial charge in [0.15, 0.2) is 5.78 Å². The van der Waals surface area contributed by atoms with Gasteiger partial charge in [0.25, 0.3) is 0 Å². The molecular formula is C22H23ClN3O+. The van der Waals surface area contributed by atoms with Crippen molar-refractivity contribution < 1.29 is 9.69 Å². The van der Waals surface area contributed by atoms with Gasteiger partial charge in [0.05, 0.1) is 31.7 Å². The second-order valence-corrected chi connectivity index (χ2v) is 7.51. The molecule has 1 aliphatic heterocycles. The van der Waals surface area contributed by atoms with Gasteiger partial charge in [0.1, 0.15) is 11.7 Å². The van der Waals surface area contributed by atoms with Gasteiger partial charge in [-0.05, 0) is 43.3 Å². The molecule has 1 saturated heterocycles. The second kappa shape index (κ2) is 7.67. The van der Waals surface area contributed by atoms with Gasteiger partial charge in [0, 0.05) is 22.2 Å². The number of fused-ring (bicyclic) bond motifs is 1. The fourth-order valence-electron chi connectivity index (χ4n) is 3.69. The molecule has 1 aliphatic rings. The molecule has 1 aromatic heterocycles. The SMILES string of the molecule is CC(=O)c1ccc(N2CC[NH+](Cc3cc4ccccc4nc3Cl)CC2)cc1. The topological polar surface area (TPSA) is 37.6 Å². The number of benzene rings is 2. The fourth-order valence-corrected chi connectivity index (χ4v) is 3.91. The lowest BCUT2D eigenvalue weighted by molar-refractivity contribution is -0.914. The van der Waals surface area contributed by atoms with Gasteiger partial charge in [-0.3, -0.25) is 4.79 Å². The molecule has 4 nitrogen and oxygen atoms in total. The Morgan fingerprint density at radius 3 is 2.52 bits per heavy atom. The Morgan fingerprint density at radius 1 is 1.11 bits per heavy atom. The zero-order chi connectivity index (χ0) is 18.8. The number of para-hydroxylation sites is 1. The smallest absolute Gasteiger partial charge is 0.159 e. The molecule has 138 valence electrons. The second-order valence-electron chi connectivity index (χ2n) is 7.15. The van der Waals surface area contributed by atoms with E-state index in [1.807, 2.05) is 42.5 Å². The molecule has 0 radical (unpaired) electrons. The van der Waals surface area contributed by atoms with Crippen LogP contribution in [0.4, 0.5) is 5.69 Å². The first-order valence-electron chi connectivity index (χ1n) is 9.34. The molecule has 4 rings (SSSR count). The van der Waals surface area contributed by atoms with E-state index in [4.69, 9.17) is 11.6 Å². The van der Waals surface area contributed by atoms with E-state index in [9.17, 15) is 4.79 Å². The number of aromatic nitrogens is 1. The Kier molecular flexibility index (Phi) is 5.10. The Morgan fingerprint density at radius 2 is 1.81 bits per heavy atom. The summed E-state index contributed by atoms with van der Waals surface area (Å²) >= 11 is 6.42. The zero-order valence-corrected chi connectivity index (χ0v) is 16.2. The van der Waals surface area contributed by atoms with E-state index >= 15 is 0 Å². The van der Waals surface area contributed by atoms with Gasteiger partial charge in [-0.25, -0.2) is 4.98 Å². The number of quaternary nitrogens is 1. The van der Waals surface area contributed by atoms with Crippen molar-refractivity contribution in [2.45, 2.75) is 13.5 Å². The number of halogens is 1. The lowest BCUT2D eigenvalue weighted by Gasteiger charge is -2.33. The third-order valence-corrected chi connectivity index (χ3v) is 5.63. The average Bonchev–Trinajstić information content (AvgIpc) is 2.69. The van der Waals surface area contributed by atoms with E-state index in [0.29, 0.717) is 5.15 Å². The van der Waals surface area contributed by atoms with Crippen molar-refractivity contribution in [3.05, 3.63) is 70.9 Å². The van der Waals surface area contributed by atoms with Crippen molar-refractivity contribution in [2.75, 3.05) is 31.1 Å². The third-order valence-electron chi connectivity index (χ3n) is 5.30. The van der Waals surface area contributed by atoms with Crippen LogP contribution in [-0.4, -0.2) is 36.9 Å². The molecular weight excluding hydrogens is 358 g/mol. The summed E-state index contributed by atoms with van der Waals surface area (Å²) in [6, 6.07) is 18.2. The van der Waals surface area contributed by atoms with E-state index in [1.165, 1.54) is 10.6 Å². The summed E-state index contributed by atoms with van der Waals surface area (Å²) in [6.07, 6.45) is 0. The minimum Gasteiger partial charge on any atom is -0.360 e. The summed E-state index contributed by atoms with van der Waals surface area (Å²) in [7, 11) is 0. The molecule has 1 fully saturated rings. The molecule has 2 heterocycles. The van der Waals surface area contributed by atoms with Crippen LogP contribution in [0.15, 0.2) is 54.6 Å². The first-order valence-corrected chi connectivity index (χ1v) is 9.71. The van der Waals surface area contributed by atoms with Crippen LogP contribution in [0.1, 0.15) is 22.8 Å². The third kappa shape index (κ3) is 3.97. The first kappa shape index (κ1) is 18.0. The van der Waals surface area contributed by atoms with Gasteiger partial charge >= 0.3 is 0 Å². The van der Waals surface area contributed by atoms with Gasteiger partial charge in [0.2, 0.25) is 0 Å². The predicted molar refractivity (Wildman–Crippen MR) is 110 cm³/mol. The number of hydrogen-bond donors (Lipinski definition) is 1. The van der Waals surface area contributed by atoms with Crippen molar-refractivity contribution >= 4 is 34.0 Å². The molecule has 1 N–H and O–H groups in total. The molecule has 0 amide bonds. The van der Waals surface area contributed by atoms with E-state index in [2.05, 4.69) is 22.0 Å². The molecule has 0 unspecified atom stereocenters. The summed E-state index contributed by atoms with van der Waals surface area (Å²) < 4.78 is 0. The maximum Gasteiger partial charge on any atom is 0.159 e. The normalized spacial score (nSPS) is 15.3. The molecule has 5 heteroatoms. The number of nitrogens with one attached hydrogen (secondary N) is 1. The van der Waals surface area contributed by atoms with Crippen LogP contribution in [0, 0.1) is 0 Å². The van der Waals surface area contributed by atoms with Gasteiger partial charge in [-0.15, -0.1) is 0 Å². The summed E-state index contributed by atoms with van der Waals surface area (Å²) in [6.45, 7) is 6.59.